The lowest BCUT2D eigenvalue weighted by Crippen LogP contribution is -2.48. The summed E-state index contributed by atoms with van der Waals surface area (Å²) in [6.45, 7) is 1.43. The van der Waals surface area contributed by atoms with Crippen molar-refractivity contribution in [2.75, 3.05) is 13.2 Å². The fourth-order valence-corrected chi connectivity index (χ4v) is 3.64. The van der Waals surface area contributed by atoms with Gasteiger partial charge >= 0.3 is 0 Å². The molecule has 16 heavy (non-hydrogen) atoms. The van der Waals surface area contributed by atoms with Crippen LogP contribution in [-0.2, 0) is 9.63 Å². The average molecular weight is 224 g/mol. The molecule has 0 aromatic carbocycles. The normalized spacial score (nSPS) is 42.7. The highest BCUT2D eigenvalue weighted by Gasteiger charge is 2.50. The van der Waals surface area contributed by atoms with Crippen molar-refractivity contribution in [2.45, 2.75) is 38.1 Å². The van der Waals surface area contributed by atoms with E-state index in [1.165, 1.54) is 12.8 Å². The van der Waals surface area contributed by atoms with Crippen LogP contribution in [-0.4, -0.2) is 30.2 Å². The first-order valence-electron chi connectivity index (χ1n) is 6.47. The molecule has 4 atom stereocenters. The number of hydroxylamine groups is 2. The summed E-state index contributed by atoms with van der Waals surface area (Å²) in [6, 6.07) is 0.0803. The van der Waals surface area contributed by atoms with Gasteiger partial charge in [-0.3, -0.25) is 9.63 Å². The number of hydrogen-bond donors (Lipinski definition) is 1. The SMILES string of the molecule is NC1C2CCC(C2)C1C(=O)N1CCCCO1. The Labute approximate surface area is 96.1 Å². The van der Waals surface area contributed by atoms with Crippen LogP contribution in [0, 0.1) is 17.8 Å². The van der Waals surface area contributed by atoms with Crippen LogP contribution >= 0.6 is 0 Å². The molecular weight excluding hydrogens is 204 g/mol. The van der Waals surface area contributed by atoms with Gasteiger partial charge in [-0.25, -0.2) is 5.06 Å². The molecular formula is C12H20N2O2. The highest BCUT2D eigenvalue weighted by Crippen LogP contribution is 2.48. The van der Waals surface area contributed by atoms with Crippen molar-refractivity contribution in [1.29, 1.82) is 0 Å². The van der Waals surface area contributed by atoms with E-state index in [1.807, 2.05) is 0 Å². The maximum Gasteiger partial charge on any atom is 0.251 e. The van der Waals surface area contributed by atoms with Gasteiger partial charge in [0.15, 0.2) is 0 Å². The van der Waals surface area contributed by atoms with Crippen molar-refractivity contribution in [1.82, 2.24) is 5.06 Å². The largest absolute Gasteiger partial charge is 0.327 e. The third-order valence-corrected chi connectivity index (χ3v) is 4.51. The molecule has 1 aliphatic heterocycles. The molecule has 1 saturated heterocycles. The lowest BCUT2D eigenvalue weighted by atomic mass is 9.84. The van der Waals surface area contributed by atoms with Crippen LogP contribution < -0.4 is 5.73 Å². The lowest BCUT2D eigenvalue weighted by Gasteiger charge is -2.33. The standard InChI is InChI=1S/C12H20N2O2/c13-11-9-4-3-8(7-9)10(11)12(15)14-5-1-2-6-16-14/h8-11H,1-7,13H2. The van der Waals surface area contributed by atoms with Crippen molar-refractivity contribution < 1.29 is 9.63 Å². The number of rotatable bonds is 1. The Bertz CT molecular complexity index is 287. The minimum Gasteiger partial charge on any atom is -0.327 e. The fraction of sp³-hybridized carbons (Fsp3) is 0.917. The Morgan fingerprint density at radius 3 is 2.69 bits per heavy atom. The van der Waals surface area contributed by atoms with Crippen molar-refractivity contribution >= 4 is 5.91 Å². The van der Waals surface area contributed by atoms with Crippen LogP contribution in [0.15, 0.2) is 0 Å². The van der Waals surface area contributed by atoms with Gasteiger partial charge in [0.05, 0.1) is 12.5 Å². The second-order valence-corrected chi connectivity index (χ2v) is 5.42. The van der Waals surface area contributed by atoms with Gasteiger partial charge in [-0.15, -0.1) is 0 Å². The zero-order valence-corrected chi connectivity index (χ0v) is 9.60. The molecule has 3 aliphatic rings. The van der Waals surface area contributed by atoms with Gasteiger partial charge in [-0.2, -0.15) is 0 Å². The minimum atomic E-state index is 0.0387. The molecule has 1 amide bonds. The molecule has 0 aromatic rings. The topological polar surface area (TPSA) is 55.6 Å². The van der Waals surface area contributed by atoms with E-state index in [4.69, 9.17) is 10.6 Å². The maximum atomic E-state index is 12.3. The molecule has 0 radical (unpaired) electrons. The van der Waals surface area contributed by atoms with E-state index in [1.54, 1.807) is 5.06 Å². The molecule has 90 valence electrons. The number of carbonyl (C=O) groups is 1. The van der Waals surface area contributed by atoms with E-state index in [0.29, 0.717) is 18.4 Å². The van der Waals surface area contributed by atoms with Gasteiger partial charge < -0.3 is 5.73 Å². The van der Waals surface area contributed by atoms with Gasteiger partial charge in [-0.05, 0) is 43.9 Å². The van der Waals surface area contributed by atoms with Crippen LogP contribution in [0.25, 0.3) is 0 Å². The Kier molecular flexibility index (Phi) is 2.64. The number of carbonyl (C=O) groups excluding carboxylic acids is 1. The quantitative estimate of drug-likeness (QED) is 0.720. The summed E-state index contributed by atoms with van der Waals surface area (Å²) in [6.07, 6.45) is 5.68. The van der Waals surface area contributed by atoms with Crippen molar-refractivity contribution in [3.05, 3.63) is 0 Å². The summed E-state index contributed by atoms with van der Waals surface area (Å²) in [5, 5.41) is 1.58. The smallest absolute Gasteiger partial charge is 0.251 e. The zero-order valence-electron chi connectivity index (χ0n) is 9.60. The molecule has 2 aliphatic carbocycles. The molecule has 0 spiro atoms. The predicted octanol–water partition coefficient (Wildman–Crippen LogP) is 0.914. The fourth-order valence-electron chi connectivity index (χ4n) is 3.64. The Balaban J connectivity index is 1.70. The average Bonchev–Trinajstić information content (AvgIpc) is 2.90. The van der Waals surface area contributed by atoms with Crippen molar-refractivity contribution in [3.8, 4) is 0 Å². The zero-order chi connectivity index (χ0) is 11.1. The van der Waals surface area contributed by atoms with Crippen LogP contribution in [0.4, 0.5) is 0 Å². The second-order valence-electron chi connectivity index (χ2n) is 5.42. The number of fused-ring (bicyclic) bond motifs is 2. The van der Waals surface area contributed by atoms with Gasteiger partial charge in [0.1, 0.15) is 0 Å². The molecule has 2 saturated carbocycles. The minimum absolute atomic E-state index is 0.0387. The summed E-state index contributed by atoms with van der Waals surface area (Å²) >= 11 is 0. The second kappa shape index (κ2) is 4.00. The lowest BCUT2D eigenvalue weighted by molar-refractivity contribution is -0.203. The van der Waals surface area contributed by atoms with E-state index in [9.17, 15) is 4.79 Å². The van der Waals surface area contributed by atoms with Gasteiger partial charge in [0.25, 0.3) is 5.91 Å². The number of nitrogens with two attached hydrogens (primary N) is 1. The van der Waals surface area contributed by atoms with Gasteiger partial charge in [0, 0.05) is 12.6 Å². The molecule has 1 heterocycles. The maximum absolute atomic E-state index is 12.3. The van der Waals surface area contributed by atoms with Crippen LogP contribution in [0.1, 0.15) is 32.1 Å². The molecule has 3 fully saturated rings. The van der Waals surface area contributed by atoms with Crippen LogP contribution in [0.2, 0.25) is 0 Å². The molecule has 4 nitrogen and oxygen atoms in total. The van der Waals surface area contributed by atoms with Crippen LogP contribution in [0.5, 0.6) is 0 Å². The predicted molar refractivity (Wildman–Crippen MR) is 59.2 cm³/mol. The van der Waals surface area contributed by atoms with E-state index >= 15 is 0 Å². The van der Waals surface area contributed by atoms with E-state index in [0.717, 1.165) is 25.8 Å². The molecule has 4 heteroatoms. The molecule has 0 aromatic heterocycles. The summed E-state index contributed by atoms with van der Waals surface area (Å²) < 4.78 is 0. The highest BCUT2D eigenvalue weighted by molar-refractivity contribution is 5.79. The monoisotopic (exact) mass is 224 g/mol. The molecule has 2 N–H and O–H groups in total. The first-order chi connectivity index (χ1) is 7.77. The summed E-state index contributed by atoms with van der Waals surface area (Å²) in [5.41, 5.74) is 6.17. The third kappa shape index (κ3) is 1.55. The van der Waals surface area contributed by atoms with Gasteiger partial charge in [-0.1, -0.05) is 0 Å². The summed E-state index contributed by atoms with van der Waals surface area (Å²) in [7, 11) is 0. The van der Waals surface area contributed by atoms with Gasteiger partial charge in [0.2, 0.25) is 0 Å². The van der Waals surface area contributed by atoms with E-state index in [2.05, 4.69) is 0 Å². The number of nitrogens with zero attached hydrogens (tertiary/aromatic N) is 1. The Morgan fingerprint density at radius 2 is 2.06 bits per heavy atom. The molecule has 2 bridgehead atoms. The first-order valence-corrected chi connectivity index (χ1v) is 6.47. The number of amides is 1. The third-order valence-electron chi connectivity index (χ3n) is 4.51. The number of hydrogen-bond acceptors (Lipinski definition) is 3. The molecule has 4 unspecified atom stereocenters. The first kappa shape index (κ1) is 10.5. The Morgan fingerprint density at radius 1 is 1.25 bits per heavy atom. The van der Waals surface area contributed by atoms with E-state index < -0.39 is 0 Å². The summed E-state index contributed by atoms with van der Waals surface area (Å²) in [4.78, 5) is 17.8. The Hall–Kier alpha value is -0.610. The van der Waals surface area contributed by atoms with E-state index in [-0.39, 0.29) is 17.9 Å². The van der Waals surface area contributed by atoms with Crippen molar-refractivity contribution in [3.63, 3.8) is 0 Å². The van der Waals surface area contributed by atoms with Crippen molar-refractivity contribution in [2.24, 2.45) is 23.5 Å². The molecule has 3 rings (SSSR count). The highest BCUT2D eigenvalue weighted by atomic mass is 16.7. The summed E-state index contributed by atoms with van der Waals surface area (Å²) in [5.74, 6) is 1.30. The van der Waals surface area contributed by atoms with Crippen LogP contribution in [0.3, 0.4) is 0 Å².